The van der Waals surface area contributed by atoms with E-state index in [9.17, 15) is 18.0 Å². The van der Waals surface area contributed by atoms with Gasteiger partial charge in [0.05, 0.1) is 28.1 Å². The SMILES string of the molecule is CCOC(=O)C1CCN(C(=O)c2ccc(S(=O)(=O)N(Oc3ccc(Cl)cc3Cl)c3ccccc3)cc2)CC1. The van der Waals surface area contributed by atoms with Gasteiger partial charge in [-0.25, -0.2) is 0 Å². The topological polar surface area (TPSA) is 93.2 Å². The van der Waals surface area contributed by atoms with Crippen LogP contribution in [0.5, 0.6) is 5.75 Å². The number of carbonyl (C=O) groups is 2. The minimum absolute atomic E-state index is 0.0796. The van der Waals surface area contributed by atoms with E-state index >= 15 is 0 Å². The van der Waals surface area contributed by atoms with E-state index in [1.54, 1.807) is 42.2 Å². The van der Waals surface area contributed by atoms with Gasteiger partial charge in [-0.3, -0.25) is 9.59 Å². The zero-order chi connectivity index (χ0) is 27.3. The van der Waals surface area contributed by atoms with Crippen LogP contribution in [0.2, 0.25) is 10.0 Å². The summed E-state index contributed by atoms with van der Waals surface area (Å²) in [5.74, 6) is -0.592. The molecule has 11 heteroatoms. The van der Waals surface area contributed by atoms with Crippen LogP contribution in [-0.2, 0) is 19.6 Å². The number of rotatable bonds is 8. The lowest BCUT2D eigenvalue weighted by Gasteiger charge is -2.31. The Bertz CT molecular complexity index is 1390. The van der Waals surface area contributed by atoms with Crippen molar-refractivity contribution in [3.8, 4) is 5.75 Å². The fraction of sp³-hybridized carbons (Fsp3) is 0.259. The number of benzene rings is 3. The van der Waals surface area contributed by atoms with E-state index in [1.807, 2.05) is 0 Å². The van der Waals surface area contributed by atoms with Crippen molar-refractivity contribution in [2.45, 2.75) is 24.7 Å². The summed E-state index contributed by atoms with van der Waals surface area (Å²) in [6.07, 6.45) is 1.04. The quantitative estimate of drug-likeness (QED) is 0.256. The number of piperidine rings is 1. The number of amides is 1. The number of hydrogen-bond acceptors (Lipinski definition) is 6. The third-order valence-electron chi connectivity index (χ3n) is 6.06. The first kappa shape index (κ1) is 27.8. The number of likely N-dealkylation sites (tertiary alicyclic amines) is 1. The number of ether oxygens (including phenoxy) is 1. The average Bonchev–Trinajstić information content (AvgIpc) is 2.93. The Hall–Kier alpha value is -3.27. The molecule has 1 heterocycles. The van der Waals surface area contributed by atoms with Crippen molar-refractivity contribution in [1.29, 1.82) is 0 Å². The molecule has 38 heavy (non-hydrogen) atoms. The molecule has 1 aliphatic heterocycles. The second-order valence-corrected chi connectivity index (χ2v) is 11.2. The molecule has 0 atom stereocenters. The number of anilines is 1. The number of esters is 1. The monoisotopic (exact) mass is 576 g/mol. The fourth-order valence-electron chi connectivity index (χ4n) is 4.06. The molecular formula is C27H26Cl2N2O6S. The van der Waals surface area contributed by atoms with Crippen LogP contribution in [0.3, 0.4) is 0 Å². The molecule has 1 aliphatic rings. The fourth-order valence-corrected chi connectivity index (χ4v) is 5.75. The summed E-state index contributed by atoms with van der Waals surface area (Å²) in [6.45, 7) is 2.92. The second kappa shape index (κ2) is 12.1. The second-order valence-electron chi connectivity index (χ2n) is 8.58. The maximum Gasteiger partial charge on any atom is 0.309 e. The first-order valence-electron chi connectivity index (χ1n) is 12.0. The summed E-state index contributed by atoms with van der Waals surface area (Å²) >= 11 is 12.2. The van der Waals surface area contributed by atoms with E-state index in [1.165, 1.54) is 42.5 Å². The van der Waals surface area contributed by atoms with Crippen molar-refractivity contribution in [3.63, 3.8) is 0 Å². The van der Waals surface area contributed by atoms with Crippen molar-refractivity contribution in [1.82, 2.24) is 4.90 Å². The Morgan fingerprint density at radius 2 is 1.63 bits per heavy atom. The standard InChI is InChI=1S/C27H26Cl2N2O6S/c1-2-36-27(33)20-14-16-30(17-15-20)26(32)19-8-11-23(12-9-19)38(34,35)31(22-6-4-3-5-7-22)37-25-13-10-21(28)18-24(25)29/h3-13,18,20H,2,14-17H2,1H3. The van der Waals surface area contributed by atoms with E-state index in [0.717, 1.165) is 4.47 Å². The van der Waals surface area contributed by atoms with Crippen molar-refractivity contribution < 1.29 is 27.6 Å². The highest BCUT2D eigenvalue weighted by molar-refractivity contribution is 7.92. The van der Waals surface area contributed by atoms with Gasteiger partial charge in [0.1, 0.15) is 0 Å². The Labute approximate surface area is 231 Å². The Balaban J connectivity index is 1.54. The summed E-state index contributed by atoms with van der Waals surface area (Å²) < 4.78 is 33.1. The molecule has 0 radical (unpaired) electrons. The molecule has 1 fully saturated rings. The number of hydrogen-bond donors (Lipinski definition) is 0. The third-order valence-corrected chi connectivity index (χ3v) is 8.18. The van der Waals surface area contributed by atoms with E-state index in [0.29, 0.717) is 43.1 Å². The highest BCUT2D eigenvalue weighted by Gasteiger charge is 2.31. The summed E-state index contributed by atoms with van der Waals surface area (Å²) in [7, 11) is -4.23. The molecule has 0 spiro atoms. The van der Waals surface area contributed by atoms with Crippen LogP contribution in [0.15, 0.2) is 77.7 Å². The largest absolute Gasteiger partial charge is 0.466 e. The molecule has 0 aliphatic carbocycles. The van der Waals surface area contributed by atoms with Gasteiger partial charge in [-0.2, -0.15) is 8.42 Å². The van der Waals surface area contributed by atoms with E-state index < -0.39 is 10.0 Å². The van der Waals surface area contributed by atoms with Gasteiger partial charge in [0, 0.05) is 23.7 Å². The van der Waals surface area contributed by atoms with Gasteiger partial charge in [-0.1, -0.05) is 45.9 Å². The van der Waals surface area contributed by atoms with Crippen LogP contribution in [-0.4, -0.2) is 44.9 Å². The first-order valence-corrected chi connectivity index (χ1v) is 14.2. The average molecular weight is 577 g/mol. The maximum atomic E-state index is 13.6. The highest BCUT2D eigenvalue weighted by atomic mass is 35.5. The zero-order valence-corrected chi connectivity index (χ0v) is 22.9. The Kier molecular flexibility index (Phi) is 8.81. The summed E-state index contributed by atoms with van der Waals surface area (Å²) in [6, 6.07) is 18.4. The molecule has 200 valence electrons. The summed E-state index contributed by atoms with van der Waals surface area (Å²) in [5.41, 5.74) is 0.592. The third kappa shape index (κ3) is 6.23. The number of para-hydroxylation sites is 1. The molecule has 0 unspecified atom stereocenters. The minimum atomic E-state index is -4.23. The van der Waals surface area contributed by atoms with Crippen LogP contribution in [0.25, 0.3) is 0 Å². The highest BCUT2D eigenvalue weighted by Crippen LogP contribution is 2.32. The van der Waals surface area contributed by atoms with Gasteiger partial charge >= 0.3 is 5.97 Å². The molecule has 1 amide bonds. The summed E-state index contributed by atoms with van der Waals surface area (Å²) in [5, 5.41) is 0.517. The number of nitrogens with zero attached hydrogens (tertiary/aromatic N) is 2. The molecule has 0 aromatic heterocycles. The lowest BCUT2D eigenvalue weighted by molar-refractivity contribution is -0.149. The number of halogens is 2. The molecular weight excluding hydrogens is 551 g/mol. The number of carbonyl (C=O) groups excluding carboxylic acids is 2. The van der Waals surface area contributed by atoms with Gasteiger partial charge in [-0.05, 0) is 74.4 Å². The lowest BCUT2D eigenvalue weighted by atomic mass is 9.96. The van der Waals surface area contributed by atoms with Crippen LogP contribution in [0.1, 0.15) is 30.1 Å². The van der Waals surface area contributed by atoms with Crippen molar-refractivity contribution >= 4 is 50.8 Å². The maximum absolute atomic E-state index is 13.6. The lowest BCUT2D eigenvalue weighted by Crippen LogP contribution is -2.40. The molecule has 0 bridgehead atoms. The van der Waals surface area contributed by atoms with E-state index in [2.05, 4.69) is 0 Å². The van der Waals surface area contributed by atoms with Crippen molar-refractivity contribution in [2.24, 2.45) is 5.92 Å². The van der Waals surface area contributed by atoms with Gasteiger partial charge in [0.2, 0.25) is 0 Å². The van der Waals surface area contributed by atoms with Gasteiger partial charge in [0.15, 0.2) is 5.75 Å². The van der Waals surface area contributed by atoms with Gasteiger partial charge < -0.3 is 14.5 Å². The van der Waals surface area contributed by atoms with E-state index in [4.69, 9.17) is 32.8 Å². The molecule has 0 saturated carbocycles. The van der Waals surface area contributed by atoms with Gasteiger partial charge in [0.25, 0.3) is 15.9 Å². The molecule has 8 nitrogen and oxygen atoms in total. The molecule has 3 aromatic carbocycles. The van der Waals surface area contributed by atoms with Crippen molar-refractivity contribution in [2.75, 3.05) is 24.2 Å². The molecule has 3 aromatic rings. The molecule has 4 rings (SSSR count). The smallest absolute Gasteiger partial charge is 0.309 e. The van der Waals surface area contributed by atoms with Crippen LogP contribution in [0, 0.1) is 5.92 Å². The first-order chi connectivity index (χ1) is 18.2. The Morgan fingerprint density at radius 3 is 2.24 bits per heavy atom. The predicted molar refractivity (Wildman–Crippen MR) is 145 cm³/mol. The normalized spacial score (nSPS) is 14.1. The minimum Gasteiger partial charge on any atom is -0.466 e. The van der Waals surface area contributed by atoms with Gasteiger partial charge in [-0.15, -0.1) is 0 Å². The zero-order valence-electron chi connectivity index (χ0n) is 20.5. The predicted octanol–water partition coefficient (Wildman–Crippen LogP) is 5.60. The van der Waals surface area contributed by atoms with Crippen LogP contribution < -0.4 is 9.31 Å². The Morgan fingerprint density at radius 1 is 0.974 bits per heavy atom. The summed E-state index contributed by atoms with van der Waals surface area (Å²) in [4.78, 5) is 32.3. The van der Waals surface area contributed by atoms with Crippen LogP contribution >= 0.6 is 23.2 Å². The van der Waals surface area contributed by atoms with E-state index in [-0.39, 0.29) is 39.1 Å². The van der Waals surface area contributed by atoms with Crippen molar-refractivity contribution in [3.05, 3.63) is 88.4 Å². The number of sulfonamides is 1. The van der Waals surface area contributed by atoms with Crippen LogP contribution in [0.4, 0.5) is 5.69 Å². The molecule has 1 saturated heterocycles. The molecule has 0 N–H and O–H groups in total.